The minimum atomic E-state index is -0.861. The Labute approximate surface area is 176 Å². The molecule has 2 N–H and O–H groups in total. The molecule has 0 aliphatic heterocycles. The third-order valence-electron chi connectivity index (χ3n) is 4.99. The van der Waals surface area contributed by atoms with Gasteiger partial charge in [-0.3, -0.25) is 0 Å². The molecule has 0 atom stereocenters. The van der Waals surface area contributed by atoms with Crippen LogP contribution in [0, 0.1) is 0 Å². The number of aromatic nitrogens is 3. The number of ether oxygens (including phenoxy) is 1. The van der Waals surface area contributed by atoms with Crippen LogP contribution in [0.4, 0.5) is 5.82 Å². The lowest BCUT2D eigenvalue weighted by Crippen LogP contribution is -2.25. The molecule has 0 aliphatic carbocycles. The number of nitrogens with one attached hydrogen (secondary N) is 1. The van der Waals surface area contributed by atoms with E-state index < -0.39 is 5.60 Å². The van der Waals surface area contributed by atoms with Crippen LogP contribution in [-0.2, 0) is 6.54 Å². The maximum atomic E-state index is 10.4. The summed E-state index contributed by atoms with van der Waals surface area (Å²) in [7, 11) is 1.68. The van der Waals surface area contributed by atoms with Crippen LogP contribution in [0.1, 0.15) is 27.7 Å². The van der Waals surface area contributed by atoms with E-state index >= 15 is 0 Å². The molecule has 4 aromatic rings. The minimum absolute atomic E-state index is 0.234. The van der Waals surface area contributed by atoms with Crippen molar-refractivity contribution in [1.29, 1.82) is 0 Å². The lowest BCUT2D eigenvalue weighted by Gasteiger charge is -2.18. The first-order chi connectivity index (χ1) is 14.2. The van der Waals surface area contributed by atoms with E-state index in [0.29, 0.717) is 6.54 Å². The maximum absolute atomic E-state index is 10.4. The van der Waals surface area contributed by atoms with Gasteiger partial charge in [-0.2, -0.15) is 0 Å². The highest BCUT2D eigenvalue weighted by Crippen LogP contribution is 2.36. The van der Waals surface area contributed by atoms with Crippen LogP contribution in [0.25, 0.3) is 32.9 Å². The number of nitrogens with zero attached hydrogens (tertiary/aromatic N) is 3. The van der Waals surface area contributed by atoms with E-state index in [0.717, 1.165) is 44.5 Å². The van der Waals surface area contributed by atoms with Crippen molar-refractivity contribution in [3.63, 3.8) is 0 Å². The normalized spacial score (nSPS) is 12.1. The lowest BCUT2D eigenvalue weighted by atomic mass is 10.0. The molecule has 6 heteroatoms. The van der Waals surface area contributed by atoms with Crippen LogP contribution in [0.2, 0.25) is 0 Å². The van der Waals surface area contributed by atoms with E-state index in [2.05, 4.69) is 59.6 Å². The van der Waals surface area contributed by atoms with Gasteiger partial charge in [-0.05, 0) is 62.2 Å². The molecule has 0 aliphatic rings. The summed E-state index contributed by atoms with van der Waals surface area (Å²) in [6.07, 6.45) is 3.64. The number of benzene rings is 2. The first-order valence-corrected chi connectivity index (χ1v) is 10.2. The average molecular weight is 405 g/mol. The van der Waals surface area contributed by atoms with Gasteiger partial charge in [-0.25, -0.2) is 9.97 Å². The quantitative estimate of drug-likeness (QED) is 0.481. The number of hydrogen-bond acceptors (Lipinski definition) is 5. The Kier molecular flexibility index (Phi) is 5.12. The monoisotopic (exact) mass is 404 g/mol. The molecular weight excluding hydrogens is 376 g/mol. The highest BCUT2D eigenvalue weighted by Gasteiger charge is 2.21. The summed E-state index contributed by atoms with van der Waals surface area (Å²) in [5.74, 6) is 1.64. The molecule has 0 fully saturated rings. The molecule has 0 amide bonds. The summed E-state index contributed by atoms with van der Waals surface area (Å²) in [6, 6.07) is 12.7. The van der Waals surface area contributed by atoms with Gasteiger partial charge in [0.15, 0.2) is 0 Å². The zero-order chi connectivity index (χ0) is 21.5. The van der Waals surface area contributed by atoms with Gasteiger partial charge in [0.05, 0.1) is 24.6 Å². The SMILES string of the molecule is COc1ccc2cc(-c3cn(CC(C)(C)O)c4ncnc(NC(C)C)c34)ccc2c1. The third-order valence-corrected chi connectivity index (χ3v) is 4.99. The van der Waals surface area contributed by atoms with E-state index in [-0.39, 0.29) is 6.04 Å². The second-order valence-electron chi connectivity index (χ2n) is 8.63. The molecule has 0 saturated heterocycles. The Morgan fingerprint density at radius 2 is 1.83 bits per heavy atom. The predicted molar refractivity (Wildman–Crippen MR) is 122 cm³/mol. The van der Waals surface area contributed by atoms with Gasteiger partial charge >= 0.3 is 0 Å². The van der Waals surface area contributed by atoms with Crippen molar-refractivity contribution in [2.45, 2.75) is 45.9 Å². The van der Waals surface area contributed by atoms with Crippen LogP contribution in [0.5, 0.6) is 5.75 Å². The second-order valence-corrected chi connectivity index (χ2v) is 8.63. The van der Waals surface area contributed by atoms with Crippen LogP contribution < -0.4 is 10.1 Å². The third kappa shape index (κ3) is 3.96. The number of fused-ring (bicyclic) bond motifs is 2. The van der Waals surface area contributed by atoms with E-state index in [9.17, 15) is 5.11 Å². The molecule has 4 rings (SSSR count). The zero-order valence-electron chi connectivity index (χ0n) is 18.1. The fourth-order valence-electron chi connectivity index (χ4n) is 3.78. The number of hydrogen-bond donors (Lipinski definition) is 2. The summed E-state index contributed by atoms with van der Waals surface area (Å²) in [6.45, 7) is 8.22. The standard InChI is InChI=1S/C24H28N4O2/c1-15(2)27-22-21-20(12-28(13-24(3,4)29)23(21)26-14-25-22)18-7-6-17-11-19(30-5)9-8-16(17)10-18/h6-12,14-15,29H,13H2,1-5H3,(H,25,26,27). The molecule has 30 heavy (non-hydrogen) atoms. The first kappa shape index (κ1) is 20.2. The number of anilines is 1. The fourth-order valence-corrected chi connectivity index (χ4v) is 3.78. The van der Waals surface area contributed by atoms with Gasteiger partial charge < -0.3 is 19.7 Å². The Morgan fingerprint density at radius 3 is 2.53 bits per heavy atom. The first-order valence-electron chi connectivity index (χ1n) is 10.2. The Morgan fingerprint density at radius 1 is 1.10 bits per heavy atom. The molecule has 6 nitrogen and oxygen atoms in total. The molecule has 0 saturated carbocycles. The van der Waals surface area contributed by atoms with Crippen molar-refractivity contribution in [2.75, 3.05) is 12.4 Å². The maximum Gasteiger partial charge on any atom is 0.146 e. The molecule has 0 unspecified atom stereocenters. The number of rotatable bonds is 6. The molecule has 0 bridgehead atoms. The van der Waals surface area contributed by atoms with Crippen LogP contribution in [0.15, 0.2) is 48.9 Å². The molecule has 0 spiro atoms. The molecule has 2 aromatic carbocycles. The molecule has 0 radical (unpaired) electrons. The summed E-state index contributed by atoms with van der Waals surface area (Å²) >= 11 is 0. The second kappa shape index (κ2) is 7.61. The van der Waals surface area contributed by atoms with Crippen LogP contribution >= 0.6 is 0 Å². The predicted octanol–water partition coefficient (Wildman–Crippen LogP) is 4.85. The van der Waals surface area contributed by atoms with E-state index in [1.54, 1.807) is 27.3 Å². The fraction of sp³-hybridized carbons (Fsp3) is 0.333. The van der Waals surface area contributed by atoms with E-state index in [1.807, 2.05) is 16.7 Å². The Hall–Kier alpha value is -3.12. The zero-order valence-corrected chi connectivity index (χ0v) is 18.1. The van der Waals surface area contributed by atoms with Crippen molar-refractivity contribution >= 4 is 27.6 Å². The number of aliphatic hydroxyl groups is 1. The van der Waals surface area contributed by atoms with Gasteiger partial charge in [-0.15, -0.1) is 0 Å². The highest BCUT2D eigenvalue weighted by atomic mass is 16.5. The summed E-state index contributed by atoms with van der Waals surface area (Å²) in [5, 5.41) is 17.1. The molecule has 156 valence electrons. The number of methoxy groups -OCH3 is 1. The van der Waals surface area contributed by atoms with Crippen molar-refractivity contribution in [1.82, 2.24) is 14.5 Å². The van der Waals surface area contributed by atoms with Gasteiger partial charge in [0, 0.05) is 17.8 Å². The topological polar surface area (TPSA) is 72.2 Å². The summed E-state index contributed by atoms with van der Waals surface area (Å²) in [4.78, 5) is 9.06. The lowest BCUT2D eigenvalue weighted by molar-refractivity contribution is 0.0627. The van der Waals surface area contributed by atoms with Crippen molar-refractivity contribution in [3.8, 4) is 16.9 Å². The van der Waals surface area contributed by atoms with E-state index in [1.165, 1.54) is 0 Å². The van der Waals surface area contributed by atoms with Gasteiger partial charge in [0.1, 0.15) is 23.5 Å². The van der Waals surface area contributed by atoms with Gasteiger partial charge in [-0.1, -0.05) is 18.2 Å². The summed E-state index contributed by atoms with van der Waals surface area (Å²) < 4.78 is 7.36. The van der Waals surface area contributed by atoms with Crippen molar-refractivity contribution in [2.24, 2.45) is 0 Å². The molecule has 2 heterocycles. The Bertz CT molecular complexity index is 1210. The highest BCUT2D eigenvalue weighted by molar-refractivity contribution is 6.03. The minimum Gasteiger partial charge on any atom is -0.497 e. The average Bonchev–Trinajstić information content (AvgIpc) is 3.04. The van der Waals surface area contributed by atoms with Gasteiger partial charge in [0.25, 0.3) is 0 Å². The van der Waals surface area contributed by atoms with Crippen LogP contribution in [-0.4, -0.2) is 38.4 Å². The Balaban J connectivity index is 1.93. The van der Waals surface area contributed by atoms with Gasteiger partial charge in [0.2, 0.25) is 0 Å². The molecule has 2 aromatic heterocycles. The van der Waals surface area contributed by atoms with Crippen molar-refractivity contribution < 1.29 is 9.84 Å². The van der Waals surface area contributed by atoms with Crippen molar-refractivity contribution in [3.05, 3.63) is 48.9 Å². The smallest absolute Gasteiger partial charge is 0.146 e. The van der Waals surface area contributed by atoms with E-state index in [4.69, 9.17) is 4.74 Å². The largest absolute Gasteiger partial charge is 0.497 e. The van der Waals surface area contributed by atoms with Crippen LogP contribution in [0.3, 0.4) is 0 Å². The molecular formula is C24H28N4O2. The summed E-state index contributed by atoms with van der Waals surface area (Å²) in [5.41, 5.74) is 2.06.